The maximum absolute atomic E-state index is 13.6. The number of amides is 1. The summed E-state index contributed by atoms with van der Waals surface area (Å²) in [6.45, 7) is 5.73. The summed E-state index contributed by atoms with van der Waals surface area (Å²) in [4.78, 5) is 25.6. The number of hydrogen-bond donors (Lipinski definition) is 1. The van der Waals surface area contributed by atoms with Crippen LogP contribution in [0.2, 0.25) is 0 Å². The summed E-state index contributed by atoms with van der Waals surface area (Å²) < 4.78 is 20.8. The molecule has 0 bridgehead atoms. The molecule has 0 aliphatic heterocycles. The standard InChI is InChI=1S/C22H24FN5O3/c1-3-27(4-2)18-10-9-16(14-29)21(11-18)31-15-17-12-28(26-25-17)13-22(30)24-20-8-6-5-7-19(20)23/h5-12,14H,3-4,13,15H2,1-2H3,(H,24,30). The van der Waals surface area contributed by atoms with Crippen molar-refractivity contribution < 1.29 is 18.7 Å². The fourth-order valence-electron chi connectivity index (χ4n) is 3.06. The molecular formula is C22H24FN5O3. The number of rotatable bonds is 10. The fourth-order valence-corrected chi connectivity index (χ4v) is 3.06. The third-order valence-electron chi connectivity index (χ3n) is 4.67. The molecule has 162 valence electrons. The number of carbonyl (C=O) groups excluding carboxylic acids is 2. The molecule has 1 N–H and O–H groups in total. The van der Waals surface area contributed by atoms with E-state index in [1.165, 1.54) is 16.8 Å². The molecule has 0 atom stereocenters. The van der Waals surface area contributed by atoms with E-state index < -0.39 is 11.7 Å². The first kappa shape index (κ1) is 21.9. The maximum Gasteiger partial charge on any atom is 0.246 e. The molecule has 0 spiro atoms. The van der Waals surface area contributed by atoms with Crippen LogP contribution in [-0.4, -0.2) is 40.3 Å². The number of aromatic nitrogens is 3. The molecule has 9 heteroatoms. The molecule has 1 aromatic heterocycles. The van der Waals surface area contributed by atoms with E-state index in [-0.39, 0.29) is 18.8 Å². The summed E-state index contributed by atoms with van der Waals surface area (Å²) in [5.74, 6) is -0.495. The quantitative estimate of drug-likeness (QED) is 0.502. The molecule has 0 aliphatic carbocycles. The molecule has 8 nitrogen and oxygen atoms in total. The number of para-hydroxylation sites is 1. The molecule has 1 amide bonds. The number of nitrogens with zero attached hydrogens (tertiary/aromatic N) is 4. The van der Waals surface area contributed by atoms with Crippen LogP contribution in [0.1, 0.15) is 29.9 Å². The number of carbonyl (C=O) groups is 2. The number of ether oxygens (including phenoxy) is 1. The van der Waals surface area contributed by atoms with Gasteiger partial charge >= 0.3 is 0 Å². The lowest BCUT2D eigenvalue weighted by Crippen LogP contribution is -2.21. The highest BCUT2D eigenvalue weighted by atomic mass is 19.1. The van der Waals surface area contributed by atoms with E-state index in [2.05, 4.69) is 34.4 Å². The van der Waals surface area contributed by atoms with Gasteiger partial charge in [-0.25, -0.2) is 9.07 Å². The summed E-state index contributed by atoms with van der Waals surface area (Å²) in [5, 5.41) is 10.4. The van der Waals surface area contributed by atoms with Gasteiger partial charge in [0.15, 0.2) is 6.29 Å². The zero-order valence-electron chi connectivity index (χ0n) is 17.4. The van der Waals surface area contributed by atoms with Crippen LogP contribution in [-0.2, 0) is 17.9 Å². The van der Waals surface area contributed by atoms with E-state index in [0.29, 0.717) is 17.0 Å². The average Bonchev–Trinajstić information content (AvgIpc) is 3.22. The minimum atomic E-state index is -0.513. The first-order valence-electron chi connectivity index (χ1n) is 9.94. The van der Waals surface area contributed by atoms with Crippen LogP contribution >= 0.6 is 0 Å². The van der Waals surface area contributed by atoms with E-state index in [1.54, 1.807) is 24.4 Å². The van der Waals surface area contributed by atoms with Gasteiger partial charge < -0.3 is 15.0 Å². The molecule has 0 aliphatic rings. The first-order valence-corrected chi connectivity index (χ1v) is 9.94. The Kier molecular flexibility index (Phi) is 7.31. The van der Waals surface area contributed by atoms with Crippen molar-refractivity contribution in [2.24, 2.45) is 0 Å². The van der Waals surface area contributed by atoms with Crippen LogP contribution in [0.3, 0.4) is 0 Å². The molecule has 0 saturated heterocycles. The van der Waals surface area contributed by atoms with Gasteiger partial charge in [-0.1, -0.05) is 17.3 Å². The van der Waals surface area contributed by atoms with Crippen molar-refractivity contribution in [3.8, 4) is 5.75 Å². The monoisotopic (exact) mass is 425 g/mol. The molecule has 0 saturated carbocycles. The highest BCUT2D eigenvalue weighted by molar-refractivity contribution is 5.90. The number of benzene rings is 2. The largest absolute Gasteiger partial charge is 0.486 e. The van der Waals surface area contributed by atoms with E-state index >= 15 is 0 Å². The summed E-state index contributed by atoms with van der Waals surface area (Å²) in [5.41, 5.74) is 1.99. The number of aldehydes is 1. The average molecular weight is 425 g/mol. The van der Waals surface area contributed by atoms with Crippen molar-refractivity contribution in [2.75, 3.05) is 23.3 Å². The second-order valence-corrected chi connectivity index (χ2v) is 6.74. The highest BCUT2D eigenvalue weighted by Crippen LogP contribution is 2.25. The Morgan fingerprint density at radius 3 is 2.71 bits per heavy atom. The highest BCUT2D eigenvalue weighted by Gasteiger charge is 2.12. The van der Waals surface area contributed by atoms with Crippen molar-refractivity contribution >= 4 is 23.6 Å². The lowest BCUT2D eigenvalue weighted by atomic mass is 10.2. The minimum absolute atomic E-state index is 0.0808. The Labute approximate surface area is 179 Å². The van der Waals surface area contributed by atoms with Crippen molar-refractivity contribution in [3.05, 3.63) is 65.7 Å². The Hall–Kier alpha value is -3.75. The van der Waals surface area contributed by atoms with Crippen LogP contribution in [0.15, 0.2) is 48.7 Å². The second-order valence-electron chi connectivity index (χ2n) is 6.74. The molecule has 0 fully saturated rings. The maximum atomic E-state index is 13.6. The molecule has 1 heterocycles. The molecule has 3 aromatic rings. The SMILES string of the molecule is CCN(CC)c1ccc(C=O)c(OCc2cn(CC(=O)Nc3ccccc3F)nn2)c1. The van der Waals surface area contributed by atoms with Crippen molar-refractivity contribution in [1.82, 2.24) is 15.0 Å². The van der Waals surface area contributed by atoms with Crippen LogP contribution < -0.4 is 15.0 Å². The van der Waals surface area contributed by atoms with Gasteiger partial charge in [0.05, 0.1) is 17.4 Å². The Morgan fingerprint density at radius 1 is 1.23 bits per heavy atom. The molecule has 3 rings (SSSR count). The summed E-state index contributed by atoms with van der Waals surface area (Å²) in [6.07, 6.45) is 2.31. The van der Waals surface area contributed by atoms with Gasteiger partial charge in [-0.05, 0) is 38.1 Å². The number of nitrogens with one attached hydrogen (secondary N) is 1. The summed E-state index contributed by atoms with van der Waals surface area (Å²) in [6, 6.07) is 11.3. The van der Waals surface area contributed by atoms with E-state index in [0.717, 1.165) is 25.1 Å². The van der Waals surface area contributed by atoms with Gasteiger partial charge in [0.2, 0.25) is 5.91 Å². The number of hydrogen-bond acceptors (Lipinski definition) is 6. The third-order valence-corrected chi connectivity index (χ3v) is 4.67. The Bertz CT molecular complexity index is 1050. The van der Waals surface area contributed by atoms with Crippen LogP contribution in [0.4, 0.5) is 15.8 Å². The van der Waals surface area contributed by atoms with Crippen LogP contribution in [0.25, 0.3) is 0 Å². The predicted molar refractivity (Wildman–Crippen MR) is 115 cm³/mol. The summed E-state index contributed by atoms with van der Waals surface area (Å²) >= 11 is 0. The van der Waals surface area contributed by atoms with Gasteiger partial charge in [0.25, 0.3) is 0 Å². The number of halogens is 1. The van der Waals surface area contributed by atoms with E-state index in [4.69, 9.17) is 4.74 Å². The van der Waals surface area contributed by atoms with Crippen LogP contribution in [0.5, 0.6) is 5.75 Å². The van der Waals surface area contributed by atoms with Gasteiger partial charge in [0.1, 0.15) is 30.4 Å². The molecule has 0 radical (unpaired) electrons. The van der Waals surface area contributed by atoms with Gasteiger partial charge in [0, 0.05) is 24.8 Å². The van der Waals surface area contributed by atoms with Crippen molar-refractivity contribution in [2.45, 2.75) is 27.0 Å². The molecule has 31 heavy (non-hydrogen) atoms. The number of anilines is 2. The van der Waals surface area contributed by atoms with Gasteiger partial charge in [-0.15, -0.1) is 5.10 Å². The molecular weight excluding hydrogens is 401 g/mol. The molecule has 2 aromatic carbocycles. The topological polar surface area (TPSA) is 89.4 Å². The molecule has 0 unspecified atom stereocenters. The normalized spacial score (nSPS) is 10.5. The van der Waals surface area contributed by atoms with E-state index in [9.17, 15) is 14.0 Å². The summed E-state index contributed by atoms with van der Waals surface area (Å²) in [7, 11) is 0. The van der Waals surface area contributed by atoms with E-state index in [1.807, 2.05) is 12.1 Å². The predicted octanol–water partition coefficient (Wildman–Crippen LogP) is 3.29. The second kappa shape index (κ2) is 10.3. The zero-order valence-corrected chi connectivity index (χ0v) is 17.4. The lowest BCUT2D eigenvalue weighted by molar-refractivity contribution is -0.117. The third kappa shape index (κ3) is 5.65. The Morgan fingerprint density at radius 2 is 2.00 bits per heavy atom. The van der Waals surface area contributed by atoms with Gasteiger partial charge in [-0.2, -0.15) is 0 Å². The minimum Gasteiger partial charge on any atom is -0.486 e. The Balaban J connectivity index is 1.62. The zero-order chi connectivity index (χ0) is 22.2. The lowest BCUT2D eigenvalue weighted by Gasteiger charge is -2.22. The van der Waals surface area contributed by atoms with Crippen molar-refractivity contribution in [3.63, 3.8) is 0 Å². The fraction of sp³-hybridized carbons (Fsp3) is 0.273. The van der Waals surface area contributed by atoms with Gasteiger partial charge in [-0.3, -0.25) is 9.59 Å². The first-order chi connectivity index (χ1) is 15.0. The smallest absolute Gasteiger partial charge is 0.246 e. The van der Waals surface area contributed by atoms with Crippen molar-refractivity contribution in [1.29, 1.82) is 0 Å². The van der Waals surface area contributed by atoms with Crippen LogP contribution in [0, 0.1) is 5.82 Å².